The lowest BCUT2D eigenvalue weighted by Gasteiger charge is -2.08. The molecule has 2 rings (SSSR count). The number of H-pyrrole nitrogens is 1. The number of aromatic amines is 1. The van der Waals surface area contributed by atoms with Crippen LogP contribution in [0.15, 0.2) is 35.1 Å². The lowest BCUT2D eigenvalue weighted by atomic mass is 10.1. The summed E-state index contributed by atoms with van der Waals surface area (Å²) in [7, 11) is 1.57. The van der Waals surface area contributed by atoms with Crippen LogP contribution in [0.5, 0.6) is 5.75 Å². The van der Waals surface area contributed by atoms with Crippen LogP contribution in [-0.4, -0.2) is 18.0 Å². The number of aryl methyl sites for hydroxylation is 2. The number of methoxy groups -OCH3 is 1. The topological polar surface area (TPSA) is 71.2 Å². The van der Waals surface area contributed by atoms with Crippen LogP contribution in [0.1, 0.15) is 27.2 Å². The first kappa shape index (κ1) is 14.8. The molecule has 2 aromatic rings. The van der Waals surface area contributed by atoms with E-state index in [1.165, 1.54) is 0 Å². The van der Waals surface area contributed by atoms with Gasteiger partial charge in [-0.05, 0) is 49.7 Å². The Labute approximate surface area is 123 Å². The Morgan fingerprint density at radius 1 is 1.24 bits per heavy atom. The number of ether oxygens (including phenoxy) is 1. The van der Waals surface area contributed by atoms with Crippen molar-refractivity contribution in [1.82, 2.24) is 10.3 Å². The second-order valence-corrected chi connectivity index (χ2v) is 4.85. The van der Waals surface area contributed by atoms with Crippen molar-refractivity contribution in [3.05, 3.63) is 63.1 Å². The highest BCUT2D eigenvalue weighted by atomic mass is 16.5. The molecule has 0 unspecified atom stereocenters. The average Bonchev–Trinajstić information content (AvgIpc) is 2.46. The summed E-state index contributed by atoms with van der Waals surface area (Å²) in [6.07, 6.45) is 0. The molecule has 2 N–H and O–H groups in total. The molecule has 0 aliphatic heterocycles. The van der Waals surface area contributed by atoms with Crippen LogP contribution in [-0.2, 0) is 6.54 Å². The van der Waals surface area contributed by atoms with Crippen LogP contribution < -0.4 is 15.6 Å². The molecule has 0 aliphatic carbocycles. The van der Waals surface area contributed by atoms with Gasteiger partial charge < -0.3 is 15.0 Å². The van der Waals surface area contributed by atoms with Gasteiger partial charge in [-0.1, -0.05) is 0 Å². The van der Waals surface area contributed by atoms with E-state index in [1.54, 1.807) is 31.4 Å². The van der Waals surface area contributed by atoms with Gasteiger partial charge in [-0.15, -0.1) is 0 Å². The van der Waals surface area contributed by atoms with Crippen molar-refractivity contribution in [2.45, 2.75) is 20.4 Å². The minimum Gasteiger partial charge on any atom is -0.497 e. The van der Waals surface area contributed by atoms with E-state index in [9.17, 15) is 9.59 Å². The summed E-state index contributed by atoms with van der Waals surface area (Å²) in [4.78, 5) is 26.6. The summed E-state index contributed by atoms with van der Waals surface area (Å²) in [5.74, 6) is 0.467. The van der Waals surface area contributed by atoms with Gasteiger partial charge in [0.05, 0.1) is 7.11 Å². The van der Waals surface area contributed by atoms with Gasteiger partial charge in [0.15, 0.2) is 0 Å². The van der Waals surface area contributed by atoms with Crippen molar-refractivity contribution in [3.63, 3.8) is 0 Å². The quantitative estimate of drug-likeness (QED) is 0.902. The predicted molar refractivity (Wildman–Crippen MR) is 80.7 cm³/mol. The zero-order chi connectivity index (χ0) is 15.4. The van der Waals surface area contributed by atoms with E-state index in [-0.39, 0.29) is 18.0 Å². The van der Waals surface area contributed by atoms with Gasteiger partial charge in [0.1, 0.15) is 5.75 Å². The molecular weight excluding hydrogens is 268 g/mol. The third-order valence-electron chi connectivity index (χ3n) is 3.27. The van der Waals surface area contributed by atoms with Crippen molar-refractivity contribution < 1.29 is 9.53 Å². The number of aromatic nitrogens is 1. The Hall–Kier alpha value is -2.56. The summed E-state index contributed by atoms with van der Waals surface area (Å²) < 4.78 is 5.04. The zero-order valence-electron chi connectivity index (χ0n) is 12.3. The molecule has 5 heteroatoms. The van der Waals surface area contributed by atoms with Crippen molar-refractivity contribution in [2.75, 3.05) is 7.11 Å². The minimum absolute atomic E-state index is 0.164. The van der Waals surface area contributed by atoms with Crippen molar-refractivity contribution in [2.24, 2.45) is 0 Å². The molecule has 0 atom stereocenters. The fraction of sp³-hybridized carbons (Fsp3) is 0.250. The number of benzene rings is 1. The molecule has 0 bridgehead atoms. The van der Waals surface area contributed by atoms with Gasteiger partial charge in [-0.25, -0.2) is 0 Å². The molecular formula is C16H18N2O3. The van der Waals surface area contributed by atoms with Crippen LogP contribution in [0, 0.1) is 13.8 Å². The highest BCUT2D eigenvalue weighted by Gasteiger charge is 2.09. The number of hydrogen-bond donors (Lipinski definition) is 2. The molecule has 1 aromatic carbocycles. The van der Waals surface area contributed by atoms with Crippen LogP contribution >= 0.6 is 0 Å². The Morgan fingerprint density at radius 2 is 1.90 bits per heavy atom. The van der Waals surface area contributed by atoms with Gasteiger partial charge in [0, 0.05) is 23.4 Å². The van der Waals surface area contributed by atoms with E-state index in [2.05, 4.69) is 10.3 Å². The van der Waals surface area contributed by atoms with Gasteiger partial charge in [-0.3, -0.25) is 9.59 Å². The standard InChI is InChI=1S/C16H18N2O3/c1-10-8-11(2)18-16(20)14(10)9-17-15(19)12-4-6-13(21-3)7-5-12/h4-8H,9H2,1-3H3,(H,17,19)(H,18,20). The third-order valence-corrected chi connectivity index (χ3v) is 3.27. The highest BCUT2D eigenvalue weighted by molar-refractivity contribution is 5.94. The minimum atomic E-state index is -0.225. The summed E-state index contributed by atoms with van der Waals surface area (Å²) in [6.45, 7) is 3.89. The summed E-state index contributed by atoms with van der Waals surface area (Å²) in [5.41, 5.74) is 2.61. The number of nitrogens with one attached hydrogen (secondary N) is 2. The Morgan fingerprint density at radius 3 is 2.48 bits per heavy atom. The molecule has 5 nitrogen and oxygen atoms in total. The molecule has 0 saturated carbocycles. The summed E-state index contributed by atoms with van der Waals surface area (Å²) in [6, 6.07) is 8.69. The third kappa shape index (κ3) is 3.51. The Bertz CT molecular complexity index is 702. The van der Waals surface area contributed by atoms with Crippen LogP contribution in [0.2, 0.25) is 0 Å². The lowest BCUT2D eigenvalue weighted by Crippen LogP contribution is -2.27. The monoisotopic (exact) mass is 286 g/mol. The van der Waals surface area contributed by atoms with E-state index in [0.717, 1.165) is 11.3 Å². The van der Waals surface area contributed by atoms with E-state index >= 15 is 0 Å². The van der Waals surface area contributed by atoms with Gasteiger partial charge in [0.25, 0.3) is 11.5 Å². The van der Waals surface area contributed by atoms with Crippen molar-refractivity contribution >= 4 is 5.91 Å². The Kier molecular flexibility index (Phi) is 4.42. The fourth-order valence-electron chi connectivity index (χ4n) is 2.11. The van der Waals surface area contributed by atoms with Crippen molar-refractivity contribution in [3.8, 4) is 5.75 Å². The molecule has 0 aliphatic rings. The SMILES string of the molecule is COc1ccc(C(=O)NCc2c(C)cc(C)[nH]c2=O)cc1. The maximum absolute atomic E-state index is 12.0. The molecule has 1 heterocycles. The first-order valence-electron chi connectivity index (χ1n) is 6.63. The molecule has 0 radical (unpaired) electrons. The maximum Gasteiger partial charge on any atom is 0.253 e. The second-order valence-electron chi connectivity index (χ2n) is 4.85. The van der Waals surface area contributed by atoms with E-state index in [0.29, 0.717) is 16.9 Å². The molecule has 1 aromatic heterocycles. The predicted octanol–water partition coefficient (Wildman–Crippen LogP) is 1.93. The molecule has 0 spiro atoms. The van der Waals surface area contributed by atoms with E-state index in [1.807, 2.05) is 19.9 Å². The largest absolute Gasteiger partial charge is 0.497 e. The zero-order valence-corrected chi connectivity index (χ0v) is 12.3. The number of hydrogen-bond acceptors (Lipinski definition) is 3. The fourth-order valence-corrected chi connectivity index (χ4v) is 2.11. The van der Waals surface area contributed by atoms with Gasteiger partial charge in [0.2, 0.25) is 0 Å². The first-order chi connectivity index (χ1) is 10.0. The number of amides is 1. The molecule has 110 valence electrons. The average molecular weight is 286 g/mol. The number of carbonyl (C=O) groups excluding carboxylic acids is 1. The molecule has 21 heavy (non-hydrogen) atoms. The first-order valence-corrected chi connectivity index (χ1v) is 6.63. The number of rotatable bonds is 4. The van der Waals surface area contributed by atoms with Gasteiger partial charge in [-0.2, -0.15) is 0 Å². The molecule has 1 amide bonds. The second kappa shape index (κ2) is 6.26. The lowest BCUT2D eigenvalue weighted by molar-refractivity contribution is 0.0950. The van der Waals surface area contributed by atoms with Crippen LogP contribution in [0.4, 0.5) is 0 Å². The highest BCUT2D eigenvalue weighted by Crippen LogP contribution is 2.11. The number of carbonyl (C=O) groups is 1. The number of pyridine rings is 1. The smallest absolute Gasteiger partial charge is 0.253 e. The van der Waals surface area contributed by atoms with Crippen molar-refractivity contribution in [1.29, 1.82) is 0 Å². The maximum atomic E-state index is 12.0. The summed E-state index contributed by atoms with van der Waals surface area (Å²) in [5, 5.41) is 2.75. The van der Waals surface area contributed by atoms with E-state index in [4.69, 9.17) is 4.74 Å². The Balaban J connectivity index is 2.09. The van der Waals surface area contributed by atoms with Crippen LogP contribution in [0.25, 0.3) is 0 Å². The molecule has 0 saturated heterocycles. The van der Waals surface area contributed by atoms with E-state index < -0.39 is 0 Å². The van der Waals surface area contributed by atoms with Gasteiger partial charge >= 0.3 is 0 Å². The van der Waals surface area contributed by atoms with Crippen LogP contribution in [0.3, 0.4) is 0 Å². The molecule has 0 fully saturated rings. The normalized spacial score (nSPS) is 10.2. The summed E-state index contributed by atoms with van der Waals surface area (Å²) >= 11 is 0.